The summed E-state index contributed by atoms with van der Waals surface area (Å²) < 4.78 is 7.25. The van der Waals surface area contributed by atoms with Crippen molar-refractivity contribution in [3.05, 3.63) is 58.3 Å². The van der Waals surface area contributed by atoms with E-state index in [1.54, 1.807) is 28.8 Å². The SMILES string of the molecule is CCCc1nnc2sc(-c3cccc(NC(=O)COc4ccc(Cl)cc4Cl)c3)nn12. The number of carbonyl (C=O) groups excluding carboxylic acids is 1. The molecule has 1 amide bonds. The van der Waals surface area contributed by atoms with Gasteiger partial charge >= 0.3 is 0 Å². The van der Waals surface area contributed by atoms with Crippen LogP contribution in [0, 0.1) is 0 Å². The predicted octanol–water partition coefficient (Wildman–Crippen LogP) is 5.13. The van der Waals surface area contributed by atoms with Gasteiger partial charge in [0.05, 0.1) is 5.02 Å². The number of carbonyl (C=O) groups is 1. The van der Waals surface area contributed by atoms with Crippen molar-refractivity contribution in [2.24, 2.45) is 0 Å². The summed E-state index contributed by atoms with van der Waals surface area (Å²) >= 11 is 13.4. The van der Waals surface area contributed by atoms with Crippen LogP contribution in [0.15, 0.2) is 42.5 Å². The number of anilines is 1. The van der Waals surface area contributed by atoms with E-state index in [2.05, 4.69) is 27.5 Å². The topological polar surface area (TPSA) is 81.4 Å². The van der Waals surface area contributed by atoms with Gasteiger partial charge in [0.15, 0.2) is 12.4 Å². The van der Waals surface area contributed by atoms with Gasteiger partial charge in [-0.15, -0.1) is 10.2 Å². The monoisotopic (exact) mass is 461 g/mol. The van der Waals surface area contributed by atoms with E-state index in [4.69, 9.17) is 27.9 Å². The Morgan fingerprint density at radius 2 is 2.07 bits per heavy atom. The summed E-state index contributed by atoms with van der Waals surface area (Å²) in [6, 6.07) is 12.3. The Morgan fingerprint density at radius 3 is 2.87 bits per heavy atom. The van der Waals surface area contributed by atoms with Crippen LogP contribution in [0.25, 0.3) is 15.5 Å². The van der Waals surface area contributed by atoms with Crippen molar-refractivity contribution in [2.45, 2.75) is 19.8 Å². The molecule has 4 aromatic rings. The zero-order valence-electron chi connectivity index (χ0n) is 15.9. The summed E-state index contributed by atoms with van der Waals surface area (Å²) in [5.74, 6) is 0.937. The van der Waals surface area contributed by atoms with Gasteiger partial charge in [0, 0.05) is 22.7 Å². The molecule has 2 heterocycles. The van der Waals surface area contributed by atoms with Gasteiger partial charge in [0.2, 0.25) is 4.96 Å². The molecule has 0 aliphatic carbocycles. The van der Waals surface area contributed by atoms with Crippen LogP contribution in [-0.4, -0.2) is 32.3 Å². The molecule has 0 atom stereocenters. The minimum Gasteiger partial charge on any atom is -0.482 e. The highest BCUT2D eigenvalue weighted by Gasteiger charge is 2.13. The summed E-state index contributed by atoms with van der Waals surface area (Å²) in [6.45, 7) is 1.91. The van der Waals surface area contributed by atoms with E-state index in [-0.39, 0.29) is 12.5 Å². The fourth-order valence-electron chi connectivity index (χ4n) is 2.82. The Labute approximate surface area is 186 Å². The maximum atomic E-state index is 12.3. The molecule has 4 rings (SSSR count). The van der Waals surface area contributed by atoms with Gasteiger partial charge in [-0.3, -0.25) is 4.79 Å². The standard InChI is InChI=1S/C20H17Cl2N5O2S/c1-2-4-17-24-25-20-27(17)26-19(30-20)12-5-3-6-14(9-12)23-18(28)11-29-16-8-7-13(21)10-15(16)22/h3,5-10H,2,4,11H2,1H3,(H,23,28). The Morgan fingerprint density at radius 1 is 1.20 bits per heavy atom. The fourth-order valence-corrected chi connectivity index (χ4v) is 4.13. The highest BCUT2D eigenvalue weighted by Crippen LogP contribution is 2.29. The van der Waals surface area contributed by atoms with Gasteiger partial charge in [-0.25, -0.2) is 0 Å². The van der Waals surface area contributed by atoms with E-state index < -0.39 is 0 Å². The zero-order chi connectivity index (χ0) is 21.1. The maximum Gasteiger partial charge on any atom is 0.262 e. The number of halogens is 2. The third-order valence-corrected chi connectivity index (χ3v) is 5.65. The van der Waals surface area contributed by atoms with E-state index in [1.165, 1.54) is 11.3 Å². The molecule has 10 heteroatoms. The van der Waals surface area contributed by atoms with Crippen LogP contribution in [0.4, 0.5) is 5.69 Å². The van der Waals surface area contributed by atoms with Crippen molar-refractivity contribution < 1.29 is 9.53 Å². The smallest absolute Gasteiger partial charge is 0.262 e. The highest BCUT2D eigenvalue weighted by atomic mass is 35.5. The Balaban J connectivity index is 1.45. The van der Waals surface area contributed by atoms with Crippen molar-refractivity contribution in [1.82, 2.24) is 19.8 Å². The number of hydrogen-bond donors (Lipinski definition) is 1. The molecule has 0 spiro atoms. The van der Waals surface area contributed by atoms with Crippen molar-refractivity contribution in [1.29, 1.82) is 0 Å². The highest BCUT2D eigenvalue weighted by molar-refractivity contribution is 7.19. The Bertz CT molecular complexity index is 1210. The number of benzene rings is 2. The first-order chi connectivity index (χ1) is 14.5. The molecule has 0 bridgehead atoms. The van der Waals surface area contributed by atoms with Gasteiger partial charge in [0.1, 0.15) is 10.8 Å². The first kappa shape index (κ1) is 20.6. The number of nitrogens with zero attached hydrogens (tertiary/aromatic N) is 4. The lowest BCUT2D eigenvalue weighted by atomic mass is 10.2. The number of amides is 1. The van der Waals surface area contributed by atoms with Crippen LogP contribution in [-0.2, 0) is 11.2 Å². The lowest BCUT2D eigenvalue weighted by molar-refractivity contribution is -0.118. The molecule has 0 saturated heterocycles. The molecular formula is C20H17Cl2N5O2S. The van der Waals surface area contributed by atoms with Crippen LogP contribution >= 0.6 is 34.5 Å². The van der Waals surface area contributed by atoms with Crippen molar-refractivity contribution in [3.63, 3.8) is 0 Å². The molecule has 0 aliphatic rings. The van der Waals surface area contributed by atoms with E-state index in [0.717, 1.165) is 34.2 Å². The minimum absolute atomic E-state index is 0.178. The van der Waals surface area contributed by atoms with Crippen LogP contribution < -0.4 is 10.1 Å². The summed E-state index contributed by atoms with van der Waals surface area (Å²) in [5.41, 5.74) is 1.52. The van der Waals surface area contributed by atoms with Crippen LogP contribution in [0.2, 0.25) is 10.0 Å². The molecule has 0 aliphatic heterocycles. The number of aromatic nitrogens is 4. The largest absolute Gasteiger partial charge is 0.482 e. The van der Waals surface area contributed by atoms with Gasteiger partial charge in [-0.2, -0.15) is 9.61 Å². The second kappa shape index (κ2) is 8.99. The molecule has 1 N–H and O–H groups in total. The summed E-state index contributed by atoms with van der Waals surface area (Å²) in [7, 11) is 0. The normalized spacial score (nSPS) is 11.0. The van der Waals surface area contributed by atoms with Crippen LogP contribution in [0.3, 0.4) is 0 Å². The summed E-state index contributed by atoms with van der Waals surface area (Å²) in [5, 5.41) is 17.4. The third kappa shape index (κ3) is 4.56. The molecule has 154 valence electrons. The molecule has 2 aromatic carbocycles. The lowest BCUT2D eigenvalue weighted by Crippen LogP contribution is -2.20. The first-order valence-corrected chi connectivity index (χ1v) is 10.8. The second-order valence-corrected chi connectivity index (χ2v) is 8.26. The van der Waals surface area contributed by atoms with E-state index in [9.17, 15) is 4.79 Å². The summed E-state index contributed by atoms with van der Waals surface area (Å²) in [6.07, 6.45) is 1.79. The first-order valence-electron chi connectivity index (χ1n) is 9.22. The second-order valence-electron chi connectivity index (χ2n) is 6.46. The molecule has 0 radical (unpaired) electrons. The third-order valence-electron chi connectivity index (χ3n) is 4.18. The van der Waals surface area contributed by atoms with Crippen molar-refractivity contribution in [3.8, 4) is 16.3 Å². The number of fused-ring (bicyclic) bond motifs is 1. The minimum atomic E-state index is -0.304. The number of hydrogen-bond acceptors (Lipinski definition) is 6. The molecule has 0 fully saturated rings. The summed E-state index contributed by atoms with van der Waals surface area (Å²) in [4.78, 5) is 13.0. The van der Waals surface area contributed by atoms with Crippen LogP contribution in [0.5, 0.6) is 5.75 Å². The predicted molar refractivity (Wildman–Crippen MR) is 119 cm³/mol. The number of rotatable bonds is 7. The number of nitrogens with one attached hydrogen (secondary N) is 1. The Hall–Kier alpha value is -2.68. The maximum absolute atomic E-state index is 12.3. The number of ether oxygens (including phenoxy) is 1. The van der Waals surface area contributed by atoms with Crippen molar-refractivity contribution in [2.75, 3.05) is 11.9 Å². The molecule has 0 unspecified atom stereocenters. The molecule has 7 nitrogen and oxygen atoms in total. The molecule has 30 heavy (non-hydrogen) atoms. The van der Waals surface area contributed by atoms with Gasteiger partial charge in [-0.05, 0) is 36.8 Å². The molecule has 0 saturated carbocycles. The quantitative estimate of drug-likeness (QED) is 0.412. The average Bonchev–Trinajstić information content (AvgIpc) is 3.30. The van der Waals surface area contributed by atoms with E-state index in [0.29, 0.717) is 21.5 Å². The van der Waals surface area contributed by atoms with Gasteiger partial charge < -0.3 is 10.1 Å². The molecule has 2 aromatic heterocycles. The average molecular weight is 462 g/mol. The lowest BCUT2D eigenvalue weighted by Gasteiger charge is -2.09. The fraction of sp³-hybridized carbons (Fsp3) is 0.200. The Kier molecular flexibility index (Phi) is 6.17. The van der Waals surface area contributed by atoms with Crippen LogP contribution in [0.1, 0.15) is 19.2 Å². The molecular weight excluding hydrogens is 445 g/mol. The number of aryl methyl sites for hydroxylation is 1. The van der Waals surface area contributed by atoms with E-state index >= 15 is 0 Å². The zero-order valence-corrected chi connectivity index (χ0v) is 18.3. The van der Waals surface area contributed by atoms with Gasteiger partial charge in [-0.1, -0.05) is 53.6 Å². The van der Waals surface area contributed by atoms with E-state index in [1.807, 2.05) is 18.2 Å². The van der Waals surface area contributed by atoms with Gasteiger partial charge in [0.25, 0.3) is 5.91 Å². The van der Waals surface area contributed by atoms with Crippen molar-refractivity contribution >= 4 is 51.1 Å².